The third-order valence-corrected chi connectivity index (χ3v) is 3.61. The average Bonchev–Trinajstić information content (AvgIpc) is 3.05. The third-order valence-electron chi connectivity index (χ3n) is 3.38. The van der Waals surface area contributed by atoms with Gasteiger partial charge in [-0.25, -0.2) is 14.6 Å². The van der Waals surface area contributed by atoms with Gasteiger partial charge >= 0.3 is 18.0 Å². The van der Waals surface area contributed by atoms with Gasteiger partial charge in [0.25, 0.3) is 0 Å². The summed E-state index contributed by atoms with van der Waals surface area (Å²) in [6.45, 7) is -3.14. The van der Waals surface area contributed by atoms with Gasteiger partial charge in [0.2, 0.25) is 5.88 Å². The third kappa shape index (κ3) is 4.08. The molecule has 2 heterocycles. The van der Waals surface area contributed by atoms with Crippen LogP contribution < -0.4 is 4.74 Å². The minimum atomic E-state index is -6.63. The van der Waals surface area contributed by atoms with E-state index in [1.807, 2.05) is 0 Å². The Balaban J connectivity index is 2.38. The molecule has 1 unspecified atom stereocenters. The first-order chi connectivity index (χ1) is 12.3. The Morgan fingerprint density at radius 3 is 2.22 bits per heavy atom. The zero-order valence-electron chi connectivity index (χ0n) is 13.0. The SMILES string of the molecule is OC(COc1ccc(Cl)cn1)(Cn1cncn1)C(F)(F)C(F)(F)C(F)(F)F. The molecule has 14 heteroatoms. The van der Waals surface area contributed by atoms with E-state index in [9.17, 15) is 35.8 Å². The molecule has 0 aliphatic carbocycles. The summed E-state index contributed by atoms with van der Waals surface area (Å²) >= 11 is 5.55. The summed E-state index contributed by atoms with van der Waals surface area (Å²) in [4.78, 5) is 6.86. The van der Waals surface area contributed by atoms with Gasteiger partial charge in [-0.1, -0.05) is 11.6 Å². The van der Waals surface area contributed by atoms with Crippen LogP contribution in [-0.4, -0.2) is 55.1 Å². The first kappa shape index (κ1) is 21.2. The molecule has 0 bridgehead atoms. The number of hydrogen-bond donors (Lipinski definition) is 1. The average molecular weight is 423 g/mol. The van der Waals surface area contributed by atoms with E-state index in [4.69, 9.17) is 16.3 Å². The normalized spacial score (nSPS) is 15.4. The van der Waals surface area contributed by atoms with Crippen molar-refractivity contribution >= 4 is 11.6 Å². The van der Waals surface area contributed by atoms with Crippen LogP contribution in [0.25, 0.3) is 0 Å². The van der Waals surface area contributed by atoms with E-state index in [0.29, 0.717) is 4.68 Å². The van der Waals surface area contributed by atoms with Crippen LogP contribution in [0.15, 0.2) is 31.0 Å². The van der Waals surface area contributed by atoms with Gasteiger partial charge in [-0.3, -0.25) is 0 Å². The fourth-order valence-corrected chi connectivity index (χ4v) is 2.04. The topological polar surface area (TPSA) is 73.1 Å². The molecule has 0 aromatic carbocycles. The molecule has 0 fully saturated rings. The fraction of sp³-hybridized carbons (Fsp3) is 0.462. The number of alkyl halides is 7. The summed E-state index contributed by atoms with van der Waals surface area (Å²) in [6.07, 6.45) is -4.07. The van der Waals surface area contributed by atoms with E-state index in [1.54, 1.807) is 0 Å². The second-order valence-electron chi connectivity index (χ2n) is 5.37. The van der Waals surface area contributed by atoms with Crippen LogP contribution in [0.4, 0.5) is 30.7 Å². The van der Waals surface area contributed by atoms with Crippen LogP contribution in [-0.2, 0) is 6.54 Å². The van der Waals surface area contributed by atoms with Crippen molar-refractivity contribution in [1.82, 2.24) is 19.7 Å². The first-order valence-corrected chi connectivity index (χ1v) is 7.29. The van der Waals surface area contributed by atoms with Crippen LogP contribution in [0.1, 0.15) is 0 Å². The fourth-order valence-electron chi connectivity index (χ4n) is 1.93. The highest BCUT2D eigenvalue weighted by molar-refractivity contribution is 6.30. The number of nitrogens with zero attached hydrogens (tertiary/aromatic N) is 4. The standard InChI is InChI=1S/C13H10ClF7N4O2/c14-8-1-2-9(23-3-8)27-5-10(26,4-25-7-22-6-24-25)11(15,16)12(17,18)13(19,20)21/h1-3,6-7,26H,4-5H2. The number of aromatic nitrogens is 4. The lowest BCUT2D eigenvalue weighted by atomic mass is 9.90. The molecule has 0 spiro atoms. The summed E-state index contributed by atoms with van der Waals surface area (Å²) in [5.74, 6) is -13.0. The van der Waals surface area contributed by atoms with Crippen molar-refractivity contribution in [2.45, 2.75) is 30.2 Å². The van der Waals surface area contributed by atoms with Gasteiger partial charge in [0.15, 0.2) is 5.60 Å². The molecular weight excluding hydrogens is 413 g/mol. The van der Waals surface area contributed by atoms with Crippen LogP contribution in [0.2, 0.25) is 5.02 Å². The largest absolute Gasteiger partial charge is 0.474 e. The molecular formula is C13H10ClF7N4O2. The van der Waals surface area contributed by atoms with Crippen LogP contribution >= 0.6 is 11.6 Å². The molecule has 6 nitrogen and oxygen atoms in total. The lowest BCUT2D eigenvalue weighted by Gasteiger charge is -2.39. The van der Waals surface area contributed by atoms with E-state index in [1.165, 1.54) is 6.07 Å². The minimum absolute atomic E-state index is 0.120. The first-order valence-electron chi connectivity index (χ1n) is 6.92. The van der Waals surface area contributed by atoms with Crippen molar-refractivity contribution in [3.05, 3.63) is 36.0 Å². The molecule has 0 saturated heterocycles. The van der Waals surface area contributed by atoms with E-state index in [0.717, 1.165) is 24.9 Å². The van der Waals surface area contributed by atoms with Crippen LogP contribution in [0.3, 0.4) is 0 Å². The molecule has 1 atom stereocenters. The van der Waals surface area contributed by atoms with Crippen LogP contribution in [0, 0.1) is 0 Å². The van der Waals surface area contributed by atoms with Crippen molar-refractivity contribution < 1.29 is 40.6 Å². The maximum Gasteiger partial charge on any atom is 0.459 e. The second kappa shape index (κ2) is 7.11. The maximum atomic E-state index is 14.2. The predicted octanol–water partition coefficient (Wildman–Crippen LogP) is 2.97. The summed E-state index contributed by atoms with van der Waals surface area (Å²) in [5, 5.41) is 13.6. The monoisotopic (exact) mass is 422 g/mol. The molecule has 2 aromatic heterocycles. The smallest absolute Gasteiger partial charge is 0.459 e. The highest BCUT2D eigenvalue weighted by atomic mass is 35.5. The zero-order valence-corrected chi connectivity index (χ0v) is 13.7. The molecule has 2 aromatic rings. The lowest BCUT2D eigenvalue weighted by Crippen LogP contribution is -2.67. The molecule has 150 valence electrons. The Morgan fingerprint density at radius 2 is 1.74 bits per heavy atom. The van der Waals surface area contributed by atoms with Crippen molar-refractivity contribution in [2.75, 3.05) is 6.61 Å². The number of rotatable bonds is 7. The van der Waals surface area contributed by atoms with Gasteiger partial charge in [-0.2, -0.15) is 35.8 Å². The van der Waals surface area contributed by atoms with Crippen LogP contribution in [0.5, 0.6) is 5.88 Å². The predicted molar refractivity (Wildman–Crippen MR) is 75.7 cm³/mol. The second-order valence-corrected chi connectivity index (χ2v) is 5.81. The molecule has 27 heavy (non-hydrogen) atoms. The molecule has 0 aliphatic heterocycles. The molecule has 0 radical (unpaired) electrons. The molecule has 0 aliphatic rings. The van der Waals surface area contributed by atoms with E-state index >= 15 is 0 Å². The molecule has 2 rings (SSSR count). The van der Waals surface area contributed by atoms with Gasteiger partial charge in [0, 0.05) is 12.3 Å². The Kier molecular flexibility index (Phi) is 5.57. The van der Waals surface area contributed by atoms with E-state index in [2.05, 4.69) is 15.1 Å². The summed E-state index contributed by atoms with van der Waals surface area (Å²) in [6, 6.07) is 2.24. The Bertz CT molecular complexity index is 755. The van der Waals surface area contributed by atoms with E-state index in [-0.39, 0.29) is 5.02 Å². The quantitative estimate of drug-likeness (QED) is 0.695. The minimum Gasteiger partial charge on any atom is -0.474 e. The number of hydrogen-bond acceptors (Lipinski definition) is 5. The lowest BCUT2D eigenvalue weighted by molar-refractivity contribution is -0.391. The number of halogens is 8. The summed E-state index contributed by atoms with van der Waals surface area (Å²) in [7, 11) is 0. The highest BCUT2D eigenvalue weighted by Crippen LogP contribution is 2.51. The molecule has 0 saturated carbocycles. The van der Waals surface area contributed by atoms with Crippen molar-refractivity contribution in [2.24, 2.45) is 0 Å². The number of pyridine rings is 1. The van der Waals surface area contributed by atoms with Gasteiger partial charge in [-0.05, 0) is 6.07 Å². The van der Waals surface area contributed by atoms with Gasteiger partial charge < -0.3 is 9.84 Å². The molecule has 1 N–H and O–H groups in total. The van der Waals surface area contributed by atoms with Crippen molar-refractivity contribution in [3.63, 3.8) is 0 Å². The maximum absolute atomic E-state index is 14.2. The summed E-state index contributed by atoms with van der Waals surface area (Å²) < 4.78 is 98.0. The summed E-state index contributed by atoms with van der Waals surface area (Å²) in [5.41, 5.74) is -4.03. The number of aliphatic hydroxyl groups is 1. The van der Waals surface area contributed by atoms with Gasteiger partial charge in [0.05, 0.1) is 11.6 Å². The Morgan fingerprint density at radius 1 is 1.07 bits per heavy atom. The van der Waals surface area contributed by atoms with E-state index < -0.39 is 42.7 Å². The molecule has 0 amide bonds. The number of ether oxygens (including phenoxy) is 1. The van der Waals surface area contributed by atoms with Gasteiger partial charge in [0.1, 0.15) is 19.3 Å². The Hall–Kier alpha value is -2.15. The van der Waals surface area contributed by atoms with Gasteiger partial charge in [-0.15, -0.1) is 0 Å². The highest BCUT2D eigenvalue weighted by Gasteiger charge is 2.80. The van der Waals surface area contributed by atoms with Crippen molar-refractivity contribution in [1.29, 1.82) is 0 Å². The Labute approximate surface area is 151 Å². The van der Waals surface area contributed by atoms with Crippen molar-refractivity contribution in [3.8, 4) is 5.88 Å². The zero-order chi connectivity index (χ0) is 20.5.